The molecular weight excluding hydrogens is 582 g/mol. The smallest absolute Gasteiger partial charge is 0.308 e. The average molecular weight is 629 g/mol. The maximum atomic E-state index is 13.8. The fraction of sp³-hybridized carbons (Fsp3) is 0.545. The minimum atomic E-state index is -0.337. The molecule has 1 fully saturated rings. The van der Waals surface area contributed by atoms with Gasteiger partial charge in [0.25, 0.3) is 0 Å². The third kappa shape index (κ3) is 6.96. The zero-order valence-corrected chi connectivity index (χ0v) is 27.3. The van der Waals surface area contributed by atoms with Crippen LogP contribution in [-0.2, 0) is 33.5 Å². The number of aromatic nitrogens is 2. The zero-order chi connectivity index (χ0) is 29.4. The van der Waals surface area contributed by atoms with Gasteiger partial charge in [-0.15, -0.1) is 17.0 Å². The Labute approximate surface area is 254 Å². The molecule has 2 aromatic carbocycles. The standard InChI is InChI=1S/C33H45N3O4.BrH/c1-8-40-30(39)22-15-13-21(14-16-22)19-35-26-11-9-10-12-27(26)36(31(35)34)20-28(37)23-17-24(32(2,3)4)29(38)25(18-23)33(5,6)7;/h9-12,17-18,21-22,34,38H,8,13-16,19-20H2,1-7H3;1H. The molecule has 3 aromatic rings. The van der Waals surface area contributed by atoms with Crippen molar-refractivity contribution in [3.63, 3.8) is 0 Å². The highest BCUT2D eigenvalue weighted by Gasteiger charge is 2.30. The number of fused-ring (bicyclic) bond motifs is 1. The first-order valence-electron chi connectivity index (χ1n) is 14.5. The van der Waals surface area contributed by atoms with Crippen LogP contribution in [0.1, 0.15) is 95.6 Å². The summed E-state index contributed by atoms with van der Waals surface area (Å²) in [4.78, 5) is 26.0. The number of hydrogen-bond acceptors (Lipinski definition) is 5. The summed E-state index contributed by atoms with van der Waals surface area (Å²) in [6.07, 6.45) is 3.43. The summed E-state index contributed by atoms with van der Waals surface area (Å²) < 4.78 is 9.03. The predicted molar refractivity (Wildman–Crippen MR) is 168 cm³/mol. The number of rotatable bonds is 7. The molecule has 41 heavy (non-hydrogen) atoms. The summed E-state index contributed by atoms with van der Waals surface area (Å²) >= 11 is 0. The van der Waals surface area contributed by atoms with Crippen molar-refractivity contribution in [3.05, 3.63) is 58.7 Å². The molecule has 8 heteroatoms. The molecule has 1 heterocycles. The molecule has 224 valence electrons. The molecule has 1 aromatic heterocycles. The Morgan fingerprint density at radius 1 is 0.927 bits per heavy atom. The lowest BCUT2D eigenvalue weighted by atomic mass is 9.78. The fourth-order valence-electron chi connectivity index (χ4n) is 5.91. The maximum absolute atomic E-state index is 13.8. The summed E-state index contributed by atoms with van der Waals surface area (Å²) in [6, 6.07) is 11.5. The van der Waals surface area contributed by atoms with Crippen molar-refractivity contribution in [3.8, 4) is 5.75 Å². The van der Waals surface area contributed by atoms with Crippen LogP contribution in [0.5, 0.6) is 5.75 Å². The van der Waals surface area contributed by atoms with Crippen molar-refractivity contribution in [2.75, 3.05) is 6.61 Å². The zero-order valence-electron chi connectivity index (χ0n) is 25.5. The van der Waals surface area contributed by atoms with E-state index in [1.54, 1.807) is 4.57 Å². The monoisotopic (exact) mass is 627 g/mol. The lowest BCUT2D eigenvalue weighted by Crippen LogP contribution is -2.31. The van der Waals surface area contributed by atoms with E-state index >= 15 is 0 Å². The highest BCUT2D eigenvalue weighted by molar-refractivity contribution is 8.93. The molecule has 0 saturated heterocycles. The summed E-state index contributed by atoms with van der Waals surface area (Å²) in [5, 5.41) is 20.2. The number of ketones is 1. The van der Waals surface area contributed by atoms with Gasteiger partial charge in [-0.25, -0.2) is 0 Å². The van der Waals surface area contributed by atoms with Crippen LogP contribution in [0.3, 0.4) is 0 Å². The minimum absolute atomic E-state index is 0. The number of imidazole rings is 1. The highest BCUT2D eigenvalue weighted by Crippen LogP contribution is 2.40. The first-order chi connectivity index (χ1) is 18.7. The molecule has 0 radical (unpaired) electrons. The van der Waals surface area contributed by atoms with E-state index < -0.39 is 0 Å². The lowest BCUT2D eigenvalue weighted by molar-refractivity contribution is -0.149. The summed E-state index contributed by atoms with van der Waals surface area (Å²) in [7, 11) is 0. The van der Waals surface area contributed by atoms with Crippen LogP contribution in [0.2, 0.25) is 0 Å². The van der Waals surface area contributed by atoms with E-state index in [2.05, 4.69) is 0 Å². The van der Waals surface area contributed by atoms with Crippen molar-refractivity contribution in [2.45, 2.75) is 98.1 Å². The summed E-state index contributed by atoms with van der Waals surface area (Å²) in [6.45, 7) is 15.2. The van der Waals surface area contributed by atoms with Crippen molar-refractivity contribution in [1.29, 1.82) is 5.41 Å². The molecule has 0 amide bonds. The number of phenols is 1. The Morgan fingerprint density at radius 2 is 1.44 bits per heavy atom. The van der Waals surface area contributed by atoms with E-state index in [-0.39, 0.29) is 57.8 Å². The second-order valence-electron chi connectivity index (χ2n) is 13.3. The van der Waals surface area contributed by atoms with Gasteiger partial charge in [0.15, 0.2) is 5.78 Å². The number of aromatic hydroxyl groups is 1. The number of hydrogen-bond donors (Lipinski definition) is 2. The lowest BCUT2D eigenvalue weighted by Gasteiger charge is -2.28. The van der Waals surface area contributed by atoms with E-state index in [0.717, 1.165) is 47.8 Å². The van der Waals surface area contributed by atoms with Gasteiger partial charge in [-0.2, -0.15) is 0 Å². The number of phenolic OH excluding ortho intramolecular Hbond substituents is 1. The van der Waals surface area contributed by atoms with Crippen molar-refractivity contribution >= 4 is 39.8 Å². The number of Topliss-reactive ketones (excluding diaryl/α,β-unsaturated/α-hetero) is 1. The van der Waals surface area contributed by atoms with Gasteiger partial charge in [0.2, 0.25) is 5.62 Å². The molecule has 7 nitrogen and oxygen atoms in total. The molecular formula is C33H46BrN3O4. The normalized spacial score (nSPS) is 17.7. The van der Waals surface area contributed by atoms with Crippen LogP contribution in [0.25, 0.3) is 11.0 Å². The second kappa shape index (κ2) is 12.6. The van der Waals surface area contributed by atoms with Crippen LogP contribution < -0.4 is 5.62 Å². The average Bonchev–Trinajstić information content (AvgIpc) is 3.14. The molecule has 2 N–H and O–H groups in total. The number of nitrogens with zero attached hydrogens (tertiary/aromatic N) is 2. The number of benzene rings is 2. The number of carbonyl (C=O) groups excluding carboxylic acids is 2. The van der Waals surface area contributed by atoms with Gasteiger partial charge in [-0.05, 0) is 73.6 Å². The van der Waals surface area contributed by atoms with Crippen molar-refractivity contribution < 1.29 is 19.4 Å². The largest absolute Gasteiger partial charge is 0.507 e. The van der Waals surface area contributed by atoms with Gasteiger partial charge in [0, 0.05) is 23.2 Å². The van der Waals surface area contributed by atoms with Crippen molar-refractivity contribution in [2.24, 2.45) is 11.8 Å². The Bertz CT molecular complexity index is 1430. The van der Waals surface area contributed by atoms with E-state index in [1.165, 1.54) is 0 Å². The molecule has 0 aliphatic heterocycles. The number of ether oxygens (including phenoxy) is 1. The molecule has 0 unspecified atom stereocenters. The van der Waals surface area contributed by atoms with Gasteiger partial charge in [0.1, 0.15) is 5.75 Å². The topological polar surface area (TPSA) is 97.3 Å². The molecule has 0 atom stereocenters. The van der Waals surface area contributed by atoms with Crippen LogP contribution in [0.4, 0.5) is 0 Å². The molecule has 1 saturated carbocycles. The molecule has 0 bridgehead atoms. The number of nitrogens with one attached hydrogen (secondary N) is 1. The van der Waals surface area contributed by atoms with E-state index in [1.807, 2.05) is 89.4 Å². The number of carbonyl (C=O) groups is 2. The number of para-hydroxylation sites is 2. The Morgan fingerprint density at radius 3 is 1.93 bits per heavy atom. The second-order valence-corrected chi connectivity index (χ2v) is 13.3. The van der Waals surface area contributed by atoms with E-state index in [9.17, 15) is 14.7 Å². The SMILES string of the molecule is Br.CCOC(=O)C1CCC(Cn2c(=N)n(CC(=O)c3cc(C(C)(C)C)c(O)c(C(C)(C)C)c3)c3ccccc32)CC1. The highest BCUT2D eigenvalue weighted by atomic mass is 79.9. The van der Waals surface area contributed by atoms with Gasteiger partial charge in [-0.3, -0.25) is 15.0 Å². The maximum Gasteiger partial charge on any atom is 0.308 e. The Hall–Kier alpha value is -2.87. The van der Waals surface area contributed by atoms with Gasteiger partial charge < -0.3 is 19.0 Å². The molecule has 1 aliphatic carbocycles. The van der Waals surface area contributed by atoms with Gasteiger partial charge in [-0.1, -0.05) is 53.7 Å². The van der Waals surface area contributed by atoms with Crippen LogP contribution in [0, 0.1) is 17.2 Å². The van der Waals surface area contributed by atoms with E-state index in [4.69, 9.17) is 10.1 Å². The van der Waals surface area contributed by atoms with Crippen LogP contribution in [-0.4, -0.2) is 32.6 Å². The third-order valence-corrected chi connectivity index (χ3v) is 8.23. The number of halogens is 1. The Kier molecular flexibility index (Phi) is 10.00. The number of esters is 1. The fourth-order valence-corrected chi connectivity index (χ4v) is 5.91. The molecule has 1 aliphatic rings. The molecule has 4 rings (SSSR count). The first kappa shape index (κ1) is 32.6. The van der Waals surface area contributed by atoms with Crippen LogP contribution in [0.15, 0.2) is 36.4 Å². The first-order valence-corrected chi connectivity index (χ1v) is 14.5. The van der Waals surface area contributed by atoms with Gasteiger partial charge in [0.05, 0.1) is 30.1 Å². The quantitative estimate of drug-likeness (QED) is 0.216. The third-order valence-electron chi connectivity index (χ3n) is 8.23. The predicted octanol–water partition coefficient (Wildman–Crippen LogP) is 7.05. The van der Waals surface area contributed by atoms with Crippen molar-refractivity contribution in [1.82, 2.24) is 9.13 Å². The summed E-state index contributed by atoms with van der Waals surface area (Å²) in [5.41, 5.74) is 3.46. The minimum Gasteiger partial charge on any atom is -0.507 e. The Balaban J connectivity index is 0.00000462. The summed E-state index contributed by atoms with van der Waals surface area (Å²) in [5.74, 6) is 0.392. The molecule has 0 spiro atoms. The van der Waals surface area contributed by atoms with E-state index in [0.29, 0.717) is 30.3 Å². The van der Waals surface area contributed by atoms with Crippen LogP contribution >= 0.6 is 17.0 Å². The van der Waals surface area contributed by atoms with Gasteiger partial charge >= 0.3 is 5.97 Å².